The molecule has 0 aliphatic carbocycles. The number of phenolic OH excluding ortho intramolecular Hbond substituents is 1. The monoisotopic (exact) mass is 319 g/mol. The normalized spacial score (nSPS) is 10.6. The number of rotatable bonds is 5. The maximum atomic E-state index is 10.4. The summed E-state index contributed by atoms with van der Waals surface area (Å²) in [6, 6.07) is 23.2. The van der Waals surface area contributed by atoms with Gasteiger partial charge in [0.1, 0.15) is 5.75 Å². The van der Waals surface area contributed by atoms with E-state index in [2.05, 4.69) is 5.32 Å². The van der Waals surface area contributed by atoms with Crippen molar-refractivity contribution in [2.24, 2.45) is 0 Å². The summed E-state index contributed by atoms with van der Waals surface area (Å²) >= 11 is 0. The van der Waals surface area contributed by atoms with Gasteiger partial charge in [-0.05, 0) is 43.7 Å². The summed E-state index contributed by atoms with van der Waals surface area (Å²) in [5.41, 5.74) is 3.41. The van der Waals surface area contributed by atoms with Crippen LogP contribution >= 0.6 is 0 Å². The predicted octanol–water partition coefficient (Wildman–Crippen LogP) is 5.59. The van der Waals surface area contributed by atoms with E-state index >= 15 is 0 Å². The zero-order valence-corrected chi connectivity index (χ0v) is 13.9. The fourth-order valence-corrected chi connectivity index (χ4v) is 2.59. The molecular formula is C21H21NO2. The quantitative estimate of drug-likeness (QED) is 0.602. The Balaban J connectivity index is 2.12. The molecule has 0 unspecified atom stereocenters. The van der Waals surface area contributed by atoms with Crippen LogP contribution in [0.1, 0.15) is 13.8 Å². The van der Waals surface area contributed by atoms with Gasteiger partial charge in [-0.3, -0.25) is 0 Å². The Hall–Kier alpha value is -2.94. The summed E-state index contributed by atoms with van der Waals surface area (Å²) < 4.78 is 6.06. The lowest BCUT2D eigenvalue weighted by atomic mass is 10.0. The highest BCUT2D eigenvalue weighted by Gasteiger charge is 2.17. The van der Waals surface area contributed by atoms with Crippen molar-refractivity contribution in [1.29, 1.82) is 0 Å². The van der Waals surface area contributed by atoms with Crippen molar-refractivity contribution in [3.8, 4) is 22.6 Å². The highest BCUT2D eigenvalue weighted by atomic mass is 16.5. The second-order valence-electron chi connectivity index (χ2n) is 5.86. The third-order valence-corrected chi connectivity index (χ3v) is 3.60. The van der Waals surface area contributed by atoms with Crippen molar-refractivity contribution in [2.45, 2.75) is 20.0 Å². The van der Waals surface area contributed by atoms with Crippen LogP contribution in [0.15, 0.2) is 72.8 Å². The number of phenols is 1. The number of nitrogens with one attached hydrogen (secondary N) is 1. The molecule has 0 heterocycles. The maximum absolute atomic E-state index is 10.4. The molecule has 0 bridgehead atoms. The molecule has 0 saturated heterocycles. The third-order valence-electron chi connectivity index (χ3n) is 3.60. The summed E-state index contributed by atoms with van der Waals surface area (Å²) in [6.45, 7) is 3.95. The largest absolute Gasteiger partial charge is 0.507 e. The Morgan fingerprint density at radius 3 is 2.08 bits per heavy atom. The van der Waals surface area contributed by atoms with Crippen molar-refractivity contribution in [3.63, 3.8) is 0 Å². The molecule has 3 heteroatoms. The first-order chi connectivity index (χ1) is 11.6. The van der Waals surface area contributed by atoms with Crippen LogP contribution in [0.4, 0.5) is 11.4 Å². The Kier molecular flexibility index (Phi) is 4.71. The van der Waals surface area contributed by atoms with Crippen LogP contribution in [0.3, 0.4) is 0 Å². The first-order valence-electron chi connectivity index (χ1n) is 8.05. The third kappa shape index (κ3) is 3.51. The van der Waals surface area contributed by atoms with Gasteiger partial charge in [-0.15, -0.1) is 0 Å². The average molecular weight is 319 g/mol. The van der Waals surface area contributed by atoms with Crippen molar-refractivity contribution in [3.05, 3.63) is 72.8 Å². The fourth-order valence-electron chi connectivity index (χ4n) is 2.59. The molecule has 0 radical (unpaired) electrons. The Bertz CT molecular complexity index is 799. The lowest BCUT2D eigenvalue weighted by Gasteiger charge is -2.20. The van der Waals surface area contributed by atoms with Crippen molar-refractivity contribution in [2.75, 3.05) is 5.32 Å². The summed E-state index contributed by atoms with van der Waals surface area (Å²) in [4.78, 5) is 0. The number of para-hydroxylation sites is 1. The minimum Gasteiger partial charge on any atom is -0.507 e. The summed E-state index contributed by atoms with van der Waals surface area (Å²) in [6.07, 6.45) is -0.00872. The fraction of sp³-hybridized carbons (Fsp3) is 0.143. The van der Waals surface area contributed by atoms with Crippen LogP contribution in [0.5, 0.6) is 11.5 Å². The van der Waals surface area contributed by atoms with Gasteiger partial charge in [0.2, 0.25) is 0 Å². The summed E-state index contributed by atoms with van der Waals surface area (Å²) in [5, 5.41) is 13.8. The van der Waals surface area contributed by atoms with E-state index in [0.717, 1.165) is 16.9 Å². The molecule has 0 fully saturated rings. The second kappa shape index (κ2) is 7.09. The molecule has 3 rings (SSSR count). The van der Waals surface area contributed by atoms with Gasteiger partial charge in [0.25, 0.3) is 0 Å². The predicted molar refractivity (Wildman–Crippen MR) is 99.0 cm³/mol. The first-order valence-corrected chi connectivity index (χ1v) is 8.05. The molecule has 0 aliphatic rings. The summed E-state index contributed by atoms with van der Waals surface area (Å²) in [7, 11) is 0. The summed E-state index contributed by atoms with van der Waals surface area (Å²) in [5.74, 6) is 0.857. The van der Waals surface area contributed by atoms with Gasteiger partial charge in [0.05, 0.1) is 17.4 Å². The molecule has 0 saturated carbocycles. The minimum absolute atomic E-state index is 0.00872. The van der Waals surface area contributed by atoms with Crippen molar-refractivity contribution >= 4 is 11.4 Å². The highest BCUT2D eigenvalue weighted by molar-refractivity contribution is 5.84. The first kappa shape index (κ1) is 15.9. The molecule has 122 valence electrons. The van der Waals surface area contributed by atoms with Gasteiger partial charge in [-0.1, -0.05) is 48.5 Å². The van der Waals surface area contributed by atoms with Gasteiger partial charge in [0, 0.05) is 5.69 Å². The molecule has 0 aromatic heterocycles. The number of hydrogen-bond acceptors (Lipinski definition) is 3. The van der Waals surface area contributed by atoms with E-state index < -0.39 is 0 Å². The van der Waals surface area contributed by atoms with Crippen LogP contribution in [-0.4, -0.2) is 11.2 Å². The molecule has 3 aromatic carbocycles. The lowest BCUT2D eigenvalue weighted by molar-refractivity contribution is 0.244. The standard InChI is InChI=1S/C21H21NO2/c1-15(2)24-21-18(22-17-11-7-4-8-12-17)13-14-19(23)20(21)16-9-5-3-6-10-16/h3-15,22-23H,1-2H3. The maximum Gasteiger partial charge on any atom is 0.154 e. The molecule has 0 spiro atoms. The van der Waals surface area contributed by atoms with E-state index in [9.17, 15) is 5.11 Å². The van der Waals surface area contributed by atoms with Crippen LogP contribution in [0, 0.1) is 0 Å². The number of aromatic hydroxyl groups is 1. The number of hydrogen-bond donors (Lipinski definition) is 2. The number of ether oxygens (including phenoxy) is 1. The van der Waals surface area contributed by atoms with Crippen molar-refractivity contribution in [1.82, 2.24) is 0 Å². The van der Waals surface area contributed by atoms with Gasteiger partial charge < -0.3 is 15.2 Å². The van der Waals surface area contributed by atoms with E-state index in [1.165, 1.54) is 0 Å². The highest BCUT2D eigenvalue weighted by Crippen LogP contribution is 2.44. The Morgan fingerprint density at radius 2 is 1.46 bits per heavy atom. The molecule has 24 heavy (non-hydrogen) atoms. The Labute approximate surface area is 142 Å². The SMILES string of the molecule is CC(C)Oc1c(Nc2ccccc2)ccc(O)c1-c1ccccc1. The van der Waals surface area contributed by atoms with Gasteiger partial charge in [-0.25, -0.2) is 0 Å². The molecule has 3 nitrogen and oxygen atoms in total. The Morgan fingerprint density at radius 1 is 0.833 bits per heavy atom. The van der Waals surface area contributed by atoms with E-state index in [0.29, 0.717) is 11.3 Å². The van der Waals surface area contributed by atoms with E-state index in [1.807, 2.05) is 80.6 Å². The molecule has 0 amide bonds. The van der Waals surface area contributed by atoms with E-state index in [1.54, 1.807) is 6.07 Å². The zero-order chi connectivity index (χ0) is 16.9. The van der Waals surface area contributed by atoms with Crippen LogP contribution < -0.4 is 10.1 Å². The molecule has 3 aromatic rings. The molecule has 0 atom stereocenters. The zero-order valence-electron chi connectivity index (χ0n) is 13.9. The van der Waals surface area contributed by atoms with Gasteiger partial charge >= 0.3 is 0 Å². The van der Waals surface area contributed by atoms with E-state index in [-0.39, 0.29) is 11.9 Å². The minimum atomic E-state index is -0.00872. The molecular weight excluding hydrogens is 298 g/mol. The van der Waals surface area contributed by atoms with Crippen LogP contribution in [-0.2, 0) is 0 Å². The van der Waals surface area contributed by atoms with Crippen LogP contribution in [0.2, 0.25) is 0 Å². The van der Waals surface area contributed by atoms with Gasteiger partial charge in [0.15, 0.2) is 5.75 Å². The smallest absolute Gasteiger partial charge is 0.154 e. The number of anilines is 2. The average Bonchev–Trinajstić information content (AvgIpc) is 2.59. The molecule has 2 N–H and O–H groups in total. The lowest BCUT2D eigenvalue weighted by Crippen LogP contribution is -2.08. The molecule has 0 aliphatic heterocycles. The van der Waals surface area contributed by atoms with Gasteiger partial charge in [-0.2, -0.15) is 0 Å². The van der Waals surface area contributed by atoms with Crippen LogP contribution in [0.25, 0.3) is 11.1 Å². The number of benzene rings is 3. The topological polar surface area (TPSA) is 41.5 Å². The van der Waals surface area contributed by atoms with Crippen molar-refractivity contribution < 1.29 is 9.84 Å². The van der Waals surface area contributed by atoms with E-state index in [4.69, 9.17) is 4.74 Å². The second-order valence-corrected chi connectivity index (χ2v) is 5.86.